The molecule has 1 atom stereocenters. The third-order valence-electron chi connectivity index (χ3n) is 7.78. The number of hydrogen-bond donors (Lipinski definition) is 2. The number of aromatic amines is 1. The summed E-state index contributed by atoms with van der Waals surface area (Å²) in [6.45, 7) is 6.40. The first-order valence-corrected chi connectivity index (χ1v) is 13.2. The summed E-state index contributed by atoms with van der Waals surface area (Å²) in [5.74, 6) is -0.0444. The molecule has 2 N–H and O–H groups in total. The molecule has 2 saturated heterocycles. The van der Waals surface area contributed by atoms with Crippen LogP contribution >= 0.6 is 0 Å². The van der Waals surface area contributed by atoms with Crippen LogP contribution in [0.25, 0.3) is 22.0 Å². The highest BCUT2D eigenvalue weighted by Crippen LogP contribution is 2.42. The second kappa shape index (κ2) is 10.6. The van der Waals surface area contributed by atoms with Crippen LogP contribution in [0.1, 0.15) is 41.7 Å². The van der Waals surface area contributed by atoms with E-state index in [-0.39, 0.29) is 23.5 Å². The number of carbonyl (C=O) groups excluding carboxylic acids is 2. The summed E-state index contributed by atoms with van der Waals surface area (Å²) in [5.41, 5.74) is 3.89. The van der Waals surface area contributed by atoms with Crippen molar-refractivity contribution in [1.29, 1.82) is 0 Å². The molecule has 2 aliphatic heterocycles. The van der Waals surface area contributed by atoms with E-state index in [2.05, 4.69) is 21.3 Å². The number of nitrogens with one attached hydrogen (secondary N) is 2. The fourth-order valence-electron chi connectivity index (χ4n) is 5.70. The van der Waals surface area contributed by atoms with Crippen molar-refractivity contribution in [2.24, 2.45) is 0 Å². The molecule has 1 aromatic heterocycles. The normalized spacial score (nSPS) is 18.1. The minimum absolute atomic E-state index is 0.000296. The highest BCUT2D eigenvalue weighted by atomic mass is 19.1. The molecule has 3 heterocycles. The van der Waals surface area contributed by atoms with E-state index in [1.807, 2.05) is 18.2 Å². The lowest BCUT2D eigenvalue weighted by Gasteiger charge is -2.33. The number of carbonyl (C=O) groups is 2. The van der Waals surface area contributed by atoms with Crippen LogP contribution in [0, 0.1) is 5.82 Å². The van der Waals surface area contributed by atoms with Crippen LogP contribution in [0.3, 0.4) is 0 Å². The number of benzene rings is 2. The zero-order chi connectivity index (χ0) is 27.0. The fourth-order valence-corrected chi connectivity index (χ4v) is 5.70. The summed E-state index contributed by atoms with van der Waals surface area (Å²) in [4.78, 5) is 33.6. The quantitative estimate of drug-likeness (QED) is 0.534. The van der Waals surface area contributed by atoms with Gasteiger partial charge in [0.05, 0.1) is 12.6 Å². The minimum atomic E-state index is -0.367. The molecular weight excluding hydrogens is 485 g/mol. The van der Waals surface area contributed by atoms with Crippen molar-refractivity contribution in [2.75, 3.05) is 65.4 Å². The Kier molecular flexibility index (Phi) is 7.29. The molecule has 0 aliphatic carbocycles. The molecule has 9 heteroatoms. The fraction of sp³-hybridized carbons (Fsp3) is 0.448. The zero-order valence-electron chi connectivity index (χ0n) is 22.6. The standard InChI is InChI=1S/C29H36FN5O3/c1-18(36)35-11-5-6-19(17-35)22-15-23(24-16-25(29(37)33(2)3)32-28(24)27(22)30)21-8-7-20(14-26(21)38-4)34-12-9-31-10-13-34/h7-8,14-16,19,31-32H,5-6,9-13,17H2,1-4H3/t19-/m0/s1. The Morgan fingerprint density at radius 1 is 1.08 bits per heavy atom. The molecular formula is C29H36FN5O3. The Morgan fingerprint density at radius 2 is 1.84 bits per heavy atom. The average Bonchev–Trinajstić information content (AvgIpc) is 3.39. The van der Waals surface area contributed by atoms with E-state index in [0.29, 0.717) is 41.0 Å². The molecule has 0 spiro atoms. The average molecular weight is 522 g/mol. The van der Waals surface area contributed by atoms with E-state index in [9.17, 15) is 9.59 Å². The number of ether oxygens (including phenoxy) is 1. The number of piperazine rings is 1. The molecule has 8 nitrogen and oxygen atoms in total. The van der Waals surface area contributed by atoms with Crippen LogP contribution in [0.15, 0.2) is 30.3 Å². The summed E-state index contributed by atoms with van der Waals surface area (Å²) in [6, 6.07) is 9.76. The van der Waals surface area contributed by atoms with E-state index < -0.39 is 0 Å². The largest absolute Gasteiger partial charge is 0.496 e. The highest BCUT2D eigenvalue weighted by Gasteiger charge is 2.29. The highest BCUT2D eigenvalue weighted by molar-refractivity contribution is 6.04. The van der Waals surface area contributed by atoms with Crippen LogP contribution in [0.4, 0.5) is 10.1 Å². The van der Waals surface area contributed by atoms with Gasteiger partial charge in [-0.3, -0.25) is 9.59 Å². The van der Waals surface area contributed by atoms with Gasteiger partial charge < -0.3 is 29.7 Å². The zero-order valence-corrected chi connectivity index (χ0v) is 22.6. The minimum Gasteiger partial charge on any atom is -0.496 e. The lowest BCUT2D eigenvalue weighted by molar-refractivity contribution is -0.130. The Bertz CT molecular complexity index is 1360. The summed E-state index contributed by atoms with van der Waals surface area (Å²) in [7, 11) is 4.99. The summed E-state index contributed by atoms with van der Waals surface area (Å²) < 4.78 is 22.0. The summed E-state index contributed by atoms with van der Waals surface area (Å²) in [5, 5.41) is 4.00. The topological polar surface area (TPSA) is 80.9 Å². The molecule has 38 heavy (non-hydrogen) atoms. The third kappa shape index (κ3) is 4.82. The maximum Gasteiger partial charge on any atom is 0.269 e. The molecule has 2 aromatic carbocycles. The Hall–Kier alpha value is -3.59. The van der Waals surface area contributed by atoms with Gasteiger partial charge in [-0.2, -0.15) is 0 Å². The number of anilines is 1. The van der Waals surface area contributed by atoms with Gasteiger partial charge in [0, 0.05) is 88.9 Å². The molecule has 202 valence electrons. The molecule has 3 aromatic rings. The van der Waals surface area contributed by atoms with Crippen molar-refractivity contribution >= 4 is 28.4 Å². The molecule has 2 amide bonds. The number of hydrogen-bond acceptors (Lipinski definition) is 5. The summed E-state index contributed by atoms with van der Waals surface area (Å²) in [6.07, 6.45) is 1.60. The number of rotatable bonds is 5. The van der Waals surface area contributed by atoms with Crippen molar-refractivity contribution in [3.63, 3.8) is 0 Å². The number of aromatic nitrogens is 1. The van der Waals surface area contributed by atoms with Crippen LogP contribution in [-0.2, 0) is 4.79 Å². The smallest absolute Gasteiger partial charge is 0.269 e. The predicted molar refractivity (Wildman–Crippen MR) is 148 cm³/mol. The number of halogens is 1. The predicted octanol–water partition coefficient (Wildman–Crippen LogP) is 3.82. The van der Waals surface area contributed by atoms with Crippen molar-refractivity contribution in [3.05, 3.63) is 47.4 Å². The molecule has 0 unspecified atom stereocenters. The van der Waals surface area contributed by atoms with E-state index in [4.69, 9.17) is 4.74 Å². The van der Waals surface area contributed by atoms with Gasteiger partial charge in [0.1, 0.15) is 11.4 Å². The first kappa shape index (κ1) is 26.0. The number of likely N-dealkylation sites (tertiary alicyclic amines) is 1. The van der Waals surface area contributed by atoms with Gasteiger partial charge in [0.25, 0.3) is 5.91 Å². The van der Waals surface area contributed by atoms with Gasteiger partial charge in [-0.1, -0.05) is 0 Å². The first-order valence-electron chi connectivity index (χ1n) is 13.2. The monoisotopic (exact) mass is 521 g/mol. The maximum absolute atomic E-state index is 16.1. The number of methoxy groups -OCH3 is 1. The van der Waals surface area contributed by atoms with Crippen LogP contribution in [0.2, 0.25) is 0 Å². The molecule has 0 radical (unpaired) electrons. The second-order valence-electron chi connectivity index (χ2n) is 10.4. The Balaban J connectivity index is 1.67. The molecule has 0 bridgehead atoms. The van der Waals surface area contributed by atoms with Crippen LogP contribution in [0.5, 0.6) is 5.75 Å². The van der Waals surface area contributed by atoms with Crippen molar-refractivity contribution in [1.82, 2.24) is 20.1 Å². The van der Waals surface area contributed by atoms with Gasteiger partial charge in [-0.15, -0.1) is 0 Å². The van der Waals surface area contributed by atoms with Gasteiger partial charge in [0.15, 0.2) is 5.82 Å². The first-order chi connectivity index (χ1) is 18.3. The molecule has 0 saturated carbocycles. The van der Waals surface area contributed by atoms with E-state index >= 15 is 4.39 Å². The number of amides is 2. The lowest BCUT2D eigenvalue weighted by atomic mass is 9.86. The van der Waals surface area contributed by atoms with Crippen LogP contribution in [-0.4, -0.2) is 87.1 Å². The van der Waals surface area contributed by atoms with E-state index in [1.54, 1.807) is 39.1 Å². The lowest BCUT2D eigenvalue weighted by Crippen LogP contribution is -2.43. The van der Waals surface area contributed by atoms with E-state index in [1.165, 1.54) is 4.90 Å². The van der Waals surface area contributed by atoms with Gasteiger partial charge >= 0.3 is 0 Å². The van der Waals surface area contributed by atoms with Gasteiger partial charge in [-0.05, 0) is 48.2 Å². The van der Waals surface area contributed by atoms with Gasteiger partial charge in [0.2, 0.25) is 5.91 Å². The van der Waals surface area contributed by atoms with Crippen LogP contribution < -0.4 is 15.0 Å². The van der Waals surface area contributed by atoms with E-state index in [0.717, 1.165) is 55.8 Å². The Morgan fingerprint density at radius 3 is 2.53 bits per heavy atom. The number of fused-ring (bicyclic) bond motifs is 1. The maximum atomic E-state index is 16.1. The summed E-state index contributed by atoms with van der Waals surface area (Å²) >= 11 is 0. The molecule has 5 rings (SSSR count). The van der Waals surface area contributed by atoms with Crippen molar-refractivity contribution in [2.45, 2.75) is 25.7 Å². The Labute approximate surface area is 222 Å². The number of nitrogens with zero attached hydrogens (tertiary/aromatic N) is 3. The SMILES string of the molecule is COc1cc(N2CCNCC2)ccc1-c1cc([C@H]2CCCN(C(C)=O)C2)c(F)c2[nH]c(C(=O)N(C)C)cc12. The van der Waals surface area contributed by atoms with Crippen molar-refractivity contribution < 1.29 is 18.7 Å². The van der Waals surface area contributed by atoms with Crippen molar-refractivity contribution in [3.8, 4) is 16.9 Å². The molecule has 2 fully saturated rings. The van der Waals surface area contributed by atoms with Gasteiger partial charge in [-0.25, -0.2) is 4.39 Å². The number of piperidine rings is 1. The second-order valence-corrected chi connectivity index (χ2v) is 10.4. The number of H-pyrrole nitrogens is 1. The third-order valence-corrected chi connectivity index (χ3v) is 7.78. The molecule has 2 aliphatic rings.